The lowest BCUT2D eigenvalue weighted by molar-refractivity contribution is -0.114. The highest BCUT2D eigenvalue weighted by Gasteiger charge is 2.22. The highest BCUT2D eigenvalue weighted by atomic mass is 16.5. The lowest BCUT2D eigenvalue weighted by Gasteiger charge is -2.26. The van der Waals surface area contributed by atoms with Crippen molar-refractivity contribution >= 4 is 23.3 Å². The second-order valence-corrected chi connectivity index (χ2v) is 5.92. The first-order valence-electron chi connectivity index (χ1n) is 8.31. The van der Waals surface area contributed by atoms with Crippen LogP contribution in [-0.4, -0.2) is 25.7 Å². The van der Waals surface area contributed by atoms with Crippen molar-refractivity contribution in [3.63, 3.8) is 0 Å². The van der Waals surface area contributed by atoms with Gasteiger partial charge in [0.15, 0.2) is 0 Å². The topological polar surface area (TPSA) is 88.7 Å². The summed E-state index contributed by atoms with van der Waals surface area (Å²) in [7, 11) is 1.50. The first-order valence-corrected chi connectivity index (χ1v) is 8.31. The Kier molecular flexibility index (Phi) is 5.26. The molecule has 1 unspecified atom stereocenters. The number of nitrogens with one attached hydrogen (secondary N) is 3. The molecule has 2 aromatic rings. The quantitative estimate of drug-likeness (QED) is 0.785. The van der Waals surface area contributed by atoms with Gasteiger partial charge in [0.05, 0.1) is 25.4 Å². The maximum Gasteiger partial charge on any atom is 0.319 e. The molecule has 0 spiro atoms. The molecular formula is C19H21N3O4. The third-order valence-corrected chi connectivity index (χ3v) is 4.03. The standard InChI is InChI=1S/C19H21N3O4/c1-12(23)20-16-8-7-13(11-18(16)25-2)21-19(24)22-15-9-10-26-17-6-4-3-5-14(15)17/h3-8,11,15H,9-10H2,1-2H3,(H,20,23)(H2,21,22,24). The van der Waals surface area contributed by atoms with Crippen LogP contribution in [0.1, 0.15) is 24.9 Å². The number of methoxy groups -OCH3 is 1. The molecule has 3 rings (SSSR count). The zero-order valence-electron chi connectivity index (χ0n) is 14.7. The molecule has 7 heteroatoms. The Morgan fingerprint density at radius 1 is 1.15 bits per heavy atom. The van der Waals surface area contributed by atoms with Crippen LogP contribution in [0.15, 0.2) is 42.5 Å². The normalized spacial score (nSPS) is 15.2. The SMILES string of the molecule is COc1cc(NC(=O)NC2CCOc3ccccc32)ccc1NC(C)=O. The Hall–Kier alpha value is -3.22. The van der Waals surface area contributed by atoms with Crippen molar-refractivity contribution in [2.75, 3.05) is 24.4 Å². The van der Waals surface area contributed by atoms with Crippen molar-refractivity contribution in [2.45, 2.75) is 19.4 Å². The number of rotatable bonds is 4. The molecule has 0 aliphatic carbocycles. The van der Waals surface area contributed by atoms with Crippen LogP contribution in [-0.2, 0) is 4.79 Å². The van der Waals surface area contributed by atoms with E-state index in [1.165, 1.54) is 14.0 Å². The number of urea groups is 1. The fourth-order valence-electron chi connectivity index (χ4n) is 2.88. The zero-order chi connectivity index (χ0) is 18.5. The fourth-order valence-corrected chi connectivity index (χ4v) is 2.88. The van der Waals surface area contributed by atoms with Gasteiger partial charge in [-0.25, -0.2) is 4.79 Å². The van der Waals surface area contributed by atoms with Gasteiger partial charge in [-0.05, 0) is 18.2 Å². The van der Waals surface area contributed by atoms with Crippen LogP contribution in [0.5, 0.6) is 11.5 Å². The van der Waals surface area contributed by atoms with E-state index in [0.717, 1.165) is 11.3 Å². The minimum absolute atomic E-state index is 0.111. The van der Waals surface area contributed by atoms with E-state index in [4.69, 9.17) is 9.47 Å². The molecule has 0 radical (unpaired) electrons. The Labute approximate surface area is 151 Å². The first kappa shape index (κ1) is 17.6. The number of benzene rings is 2. The number of fused-ring (bicyclic) bond motifs is 1. The summed E-state index contributed by atoms with van der Waals surface area (Å²) in [5.41, 5.74) is 2.07. The molecular weight excluding hydrogens is 334 g/mol. The number of para-hydroxylation sites is 1. The van der Waals surface area contributed by atoms with E-state index >= 15 is 0 Å². The third-order valence-electron chi connectivity index (χ3n) is 4.03. The number of carbonyl (C=O) groups excluding carboxylic acids is 2. The summed E-state index contributed by atoms with van der Waals surface area (Å²) >= 11 is 0. The van der Waals surface area contributed by atoms with Gasteiger partial charge in [-0.1, -0.05) is 18.2 Å². The first-order chi connectivity index (χ1) is 12.6. The number of amides is 3. The maximum atomic E-state index is 12.4. The maximum absolute atomic E-state index is 12.4. The lowest BCUT2D eigenvalue weighted by atomic mass is 10.0. The van der Waals surface area contributed by atoms with E-state index in [1.54, 1.807) is 18.2 Å². The molecule has 1 aliphatic heterocycles. The molecule has 0 saturated carbocycles. The second-order valence-electron chi connectivity index (χ2n) is 5.92. The van der Waals surface area contributed by atoms with Gasteiger partial charge in [0.25, 0.3) is 0 Å². The molecule has 7 nitrogen and oxygen atoms in total. The average Bonchev–Trinajstić information content (AvgIpc) is 2.63. The molecule has 0 fully saturated rings. The number of anilines is 2. The van der Waals surface area contributed by atoms with Crippen molar-refractivity contribution in [3.8, 4) is 11.5 Å². The molecule has 1 atom stereocenters. The number of carbonyl (C=O) groups is 2. The van der Waals surface area contributed by atoms with Gasteiger partial charge < -0.3 is 25.4 Å². The molecule has 0 saturated heterocycles. The highest BCUT2D eigenvalue weighted by molar-refractivity contribution is 5.93. The predicted molar refractivity (Wildman–Crippen MR) is 98.7 cm³/mol. The van der Waals surface area contributed by atoms with Gasteiger partial charge >= 0.3 is 6.03 Å². The predicted octanol–water partition coefficient (Wildman–Crippen LogP) is 3.30. The van der Waals surface area contributed by atoms with Crippen LogP contribution in [0.3, 0.4) is 0 Å². The van der Waals surface area contributed by atoms with Gasteiger partial charge in [-0.3, -0.25) is 4.79 Å². The number of ether oxygens (including phenoxy) is 2. The van der Waals surface area contributed by atoms with E-state index in [2.05, 4.69) is 16.0 Å². The number of hydrogen-bond donors (Lipinski definition) is 3. The summed E-state index contributed by atoms with van der Waals surface area (Å²) in [4.78, 5) is 23.6. The number of hydrogen-bond acceptors (Lipinski definition) is 4. The molecule has 3 amide bonds. The molecule has 3 N–H and O–H groups in total. The summed E-state index contributed by atoms with van der Waals surface area (Å²) in [5.74, 6) is 1.07. The minimum atomic E-state index is -0.318. The van der Waals surface area contributed by atoms with Crippen LogP contribution < -0.4 is 25.4 Å². The monoisotopic (exact) mass is 355 g/mol. The van der Waals surface area contributed by atoms with Crippen molar-refractivity contribution in [2.24, 2.45) is 0 Å². The van der Waals surface area contributed by atoms with Crippen LogP contribution in [0.25, 0.3) is 0 Å². The Morgan fingerprint density at radius 2 is 1.96 bits per heavy atom. The van der Waals surface area contributed by atoms with Gasteiger partial charge in [0, 0.05) is 30.7 Å². The average molecular weight is 355 g/mol. The molecule has 0 bridgehead atoms. The van der Waals surface area contributed by atoms with E-state index in [0.29, 0.717) is 30.2 Å². The van der Waals surface area contributed by atoms with Gasteiger partial charge in [0.2, 0.25) is 5.91 Å². The zero-order valence-corrected chi connectivity index (χ0v) is 14.7. The van der Waals surface area contributed by atoms with Crippen LogP contribution in [0, 0.1) is 0 Å². The molecule has 26 heavy (non-hydrogen) atoms. The van der Waals surface area contributed by atoms with Crippen LogP contribution in [0.4, 0.5) is 16.2 Å². The molecule has 1 aliphatic rings. The summed E-state index contributed by atoms with van der Waals surface area (Å²) in [6.45, 7) is 1.98. The summed E-state index contributed by atoms with van der Waals surface area (Å²) in [5, 5.41) is 8.43. The fraction of sp³-hybridized carbons (Fsp3) is 0.263. The summed E-state index contributed by atoms with van der Waals surface area (Å²) in [6, 6.07) is 12.3. The van der Waals surface area contributed by atoms with Crippen molar-refractivity contribution in [1.82, 2.24) is 5.32 Å². The Bertz CT molecular complexity index is 822. The molecule has 1 heterocycles. The van der Waals surface area contributed by atoms with Gasteiger partial charge in [0.1, 0.15) is 11.5 Å². The van der Waals surface area contributed by atoms with Crippen molar-refractivity contribution in [3.05, 3.63) is 48.0 Å². The third kappa shape index (κ3) is 4.05. The summed E-state index contributed by atoms with van der Waals surface area (Å²) < 4.78 is 10.9. The smallest absolute Gasteiger partial charge is 0.319 e. The van der Waals surface area contributed by atoms with E-state index in [1.807, 2.05) is 24.3 Å². The lowest BCUT2D eigenvalue weighted by Crippen LogP contribution is -2.35. The second kappa shape index (κ2) is 7.77. The minimum Gasteiger partial charge on any atom is -0.494 e. The molecule has 136 valence electrons. The van der Waals surface area contributed by atoms with Crippen molar-refractivity contribution in [1.29, 1.82) is 0 Å². The van der Waals surface area contributed by atoms with E-state index in [-0.39, 0.29) is 18.0 Å². The van der Waals surface area contributed by atoms with Crippen molar-refractivity contribution < 1.29 is 19.1 Å². The molecule has 0 aromatic heterocycles. The van der Waals surface area contributed by atoms with E-state index < -0.39 is 0 Å². The van der Waals surface area contributed by atoms with E-state index in [9.17, 15) is 9.59 Å². The Balaban J connectivity index is 1.68. The van der Waals surface area contributed by atoms with Crippen LogP contribution in [0.2, 0.25) is 0 Å². The largest absolute Gasteiger partial charge is 0.494 e. The highest BCUT2D eigenvalue weighted by Crippen LogP contribution is 2.32. The van der Waals surface area contributed by atoms with Gasteiger partial charge in [-0.2, -0.15) is 0 Å². The molecule has 2 aromatic carbocycles. The van der Waals surface area contributed by atoms with Crippen LogP contribution >= 0.6 is 0 Å². The van der Waals surface area contributed by atoms with Gasteiger partial charge in [-0.15, -0.1) is 0 Å². The Morgan fingerprint density at radius 3 is 2.73 bits per heavy atom. The summed E-state index contributed by atoms with van der Waals surface area (Å²) in [6.07, 6.45) is 0.704.